The number of fused-ring (bicyclic) bond motifs is 1. The van der Waals surface area contributed by atoms with Crippen LogP contribution < -0.4 is 10.1 Å². The second-order valence-electron chi connectivity index (χ2n) is 6.65. The summed E-state index contributed by atoms with van der Waals surface area (Å²) < 4.78 is 13.0. The fourth-order valence-electron chi connectivity index (χ4n) is 3.16. The molecule has 0 fully saturated rings. The van der Waals surface area contributed by atoms with E-state index in [1.54, 1.807) is 19.6 Å². The monoisotopic (exact) mass is 375 g/mol. The summed E-state index contributed by atoms with van der Waals surface area (Å²) in [5.41, 5.74) is 3.68. The average molecular weight is 375 g/mol. The molecule has 6 nitrogen and oxygen atoms in total. The molecule has 1 amide bonds. The number of nitrogens with zero attached hydrogens (tertiary/aromatic N) is 2. The molecule has 0 atom stereocenters. The van der Waals surface area contributed by atoms with Crippen LogP contribution in [0.1, 0.15) is 27.2 Å². The minimum Gasteiger partial charge on any atom is -0.497 e. The van der Waals surface area contributed by atoms with Crippen LogP contribution in [-0.4, -0.2) is 22.6 Å². The third kappa shape index (κ3) is 3.62. The highest BCUT2D eigenvalue weighted by Gasteiger charge is 2.17. The second kappa shape index (κ2) is 7.60. The van der Waals surface area contributed by atoms with Gasteiger partial charge in [0.15, 0.2) is 5.76 Å². The number of furan rings is 1. The fourth-order valence-corrected chi connectivity index (χ4v) is 3.16. The number of hydrogen-bond donors (Lipinski definition) is 1. The van der Waals surface area contributed by atoms with Gasteiger partial charge in [-0.2, -0.15) is 0 Å². The molecule has 0 spiro atoms. The first-order chi connectivity index (χ1) is 13.6. The first-order valence-corrected chi connectivity index (χ1v) is 9.03. The Morgan fingerprint density at radius 1 is 1.18 bits per heavy atom. The third-order valence-corrected chi connectivity index (χ3v) is 4.75. The number of aryl methyl sites for hydroxylation is 1. The summed E-state index contributed by atoms with van der Waals surface area (Å²) in [6.45, 7) is 3.09. The molecule has 4 aromatic rings. The van der Waals surface area contributed by atoms with Gasteiger partial charge in [0.25, 0.3) is 5.91 Å². The first-order valence-electron chi connectivity index (χ1n) is 9.03. The molecule has 142 valence electrons. The highest BCUT2D eigenvalue weighted by atomic mass is 16.5. The van der Waals surface area contributed by atoms with Crippen molar-refractivity contribution in [3.63, 3.8) is 0 Å². The van der Waals surface area contributed by atoms with E-state index in [1.807, 2.05) is 48.0 Å². The van der Waals surface area contributed by atoms with Crippen molar-refractivity contribution in [2.24, 2.45) is 0 Å². The molecule has 0 saturated heterocycles. The van der Waals surface area contributed by atoms with E-state index in [2.05, 4.69) is 22.4 Å². The van der Waals surface area contributed by atoms with Crippen LogP contribution in [0.15, 0.2) is 65.6 Å². The Labute approximate surface area is 162 Å². The minimum absolute atomic E-state index is 0.227. The Morgan fingerprint density at radius 3 is 2.68 bits per heavy atom. The van der Waals surface area contributed by atoms with Crippen molar-refractivity contribution in [2.45, 2.75) is 20.0 Å². The normalized spacial score (nSPS) is 10.9. The molecule has 0 saturated carbocycles. The highest BCUT2D eigenvalue weighted by molar-refractivity contribution is 5.99. The molecule has 1 N–H and O–H groups in total. The Bertz CT molecular complexity index is 1100. The molecule has 0 aliphatic carbocycles. The smallest absolute Gasteiger partial charge is 0.287 e. The maximum Gasteiger partial charge on any atom is 0.287 e. The fraction of sp³-hybridized carbons (Fsp3) is 0.182. The van der Waals surface area contributed by atoms with Crippen molar-refractivity contribution in [3.05, 3.63) is 83.6 Å². The molecule has 0 unspecified atom stereocenters. The van der Waals surface area contributed by atoms with Gasteiger partial charge < -0.3 is 19.0 Å². The Hall–Kier alpha value is -3.54. The van der Waals surface area contributed by atoms with Gasteiger partial charge in [0.05, 0.1) is 13.4 Å². The lowest BCUT2D eigenvalue weighted by Crippen LogP contribution is -2.22. The topological polar surface area (TPSA) is 69.3 Å². The van der Waals surface area contributed by atoms with Crippen molar-refractivity contribution in [2.75, 3.05) is 7.11 Å². The number of nitrogens with one attached hydrogen (secondary N) is 1. The summed E-state index contributed by atoms with van der Waals surface area (Å²) in [6, 6.07) is 13.7. The van der Waals surface area contributed by atoms with Crippen molar-refractivity contribution in [1.29, 1.82) is 0 Å². The Kier molecular flexibility index (Phi) is 4.85. The van der Waals surface area contributed by atoms with Gasteiger partial charge >= 0.3 is 0 Å². The molecule has 2 heterocycles. The molecule has 2 aromatic carbocycles. The van der Waals surface area contributed by atoms with Crippen LogP contribution in [0.4, 0.5) is 0 Å². The number of rotatable bonds is 6. The van der Waals surface area contributed by atoms with E-state index in [0.29, 0.717) is 17.9 Å². The molecule has 0 radical (unpaired) electrons. The lowest BCUT2D eigenvalue weighted by atomic mass is 10.1. The van der Waals surface area contributed by atoms with E-state index in [0.717, 1.165) is 28.8 Å². The zero-order valence-corrected chi connectivity index (χ0v) is 15.8. The molecule has 6 heteroatoms. The Balaban J connectivity index is 1.42. The van der Waals surface area contributed by atoms with Gasteiger partial charge in [-0.25, -0.2) is 4.98 Å². The van der Waals surface area contributed by atoms with Gasteiger partial charge in [0.1, 0.15) is 11.3 Å². The van der Waals surface area contributed by atoms with Gasteiger partial charge in [-0.15, -0.1) is 0 Å². The zero-order valence-electron chi connectivity index (χ0n) is 15.8. The van der Waals surface area contributed by atoms with E-state index < -0.39 is 0 Å². The quantitative estimate of drug-likeness (QED) is 0.554. The predicted octanol–water partition coefficient (Wildman–Crippen LogP) is 3.92. The summed E-state index contributed by atoms with van der Waals surface area (Å²) in [4.78, 5) is 16.6. The molecule has 0 bridgehead atoms. The van der Waals surface area contributed by atoms with Gasteiger partial charge in [-0.05, 0) is 36.2 Å². The van der Waals surface area contributed by atoms with Crippen molar-refractivity contribution in [3.8, 4) is 5.75 Å². The molecular weight excluding hydrogens is 354 g/mol. The number of amides is 1. The van der Waals surface area contributed by atoms with Crippen LogP contribution in [0, 0.1) is 6.92 Å². The number of carbonyl (C=O) groups is 1. The van der Waals surface area contributed by atoms with Gasteiger partial charge in [0.2, 0.25) is 0 Å². The molecule has 0 aliphatic heterocycles. The van der Waals surface area contributed by atoms with Crippen molar-refractivity contribution >= 4 is 16.9 Å². The summed E-state index contributed by atoms with van der Waals surface area (Å²) >= 11 is 0. The van der Waals surface area contributed by atoms with Crippen LogP contribution in [0.25, 0.3) is 11.0 Å². The SMILES string of the molecule is COc1ccc2oc(C(=O)NCc3ccc(Cn4ccnc4)cc3)c(C)c2c1. The number of imidazole rings is 1. The molecule has 28 heavy (non-hydrogen) atoms. The third-order valence-electron chi connectivity index (χ3n) is 4.75. The summed E-state index contributed by atoms with van der Waals surface area (Å²) in [5, 5.41) is 3.81. The molecular formula is C22H21N3O3. The van der Waals surface area contributed by atoms with Gasteiger partial charge in [-0.3, -0.25) is 4.79 Å². The predicted molar refractivity (Wildman–Crippen MR) is 106 cm³/mol. The van der Waals surface area contributed by atoms with Gasteiger partial charge in [0, 0.05) is 36.4 Å². The number of carbonyl (C=O) groups excluding carboxylic acids is 1. The summed E-state index contributed by atoms with van der Waals surface area (Å²) in [5.74, 6) is 0.842. The van der Waals surface area contributed by atoms with E-state index in [-0.39, 0.29) is 5.91 Å². The maximum absolute atomic E-state index is 12.6. The Morgan fingerprint density at radius 2 is 1.96 bits per heavy atom. The number of aromatic nitrogens is 2. The van der Waals surface area contributed by atoms with Crippen LogP contribution in [-0.2, 0) is 13.1 Å². The highest BCUT2D eigenvalue weighted by Crippen LogP contribution is 2.28. The first kappa shape index (κ1) is 17.9. The van der Waals surface area contributed by atoms with Crippen LogP contribution in [0.2, 0.25) is 0 Å². The summed E-state index contributed by atoms with van der Waals surface area (Å²) in [6.07, 6.45) is 5.48. The average Bonchev–Trinajstić information content (AvgIpc) is 3.35. The number of hydrogen-bond acceptors (Lipinski definition) is 4. The van der Waals surface area contributed by atoms with Crippen molar-refractivity contribution in [1.82, 2.24) is 14.9 Å². The number of ether oxygens (including phenoxy) is 1. The van der Waals surface area contributed by atoms with Crippen LogP contribution >= 0.6 is 0 Å². The van der Waals surface area contributed by atoms with Crippen LogP contribution in [0.3, 0.4) is 0 Å². The van der Waals surface area contributed by atoms with E-state index in [9.17, 15) is 4.79 Å². The minimum atomic E-state index is -0.227. The molecule has 2 aromatic heterocycles. The number of benzene rings is 2. The van der Waals surface area contributed by atoms with Crippen molar-refractivity contribution < 1.29 is 13.9 Å². The largest absolute Gasteiger partial charge is 0.497 e. The second-order valence-corrected chi connectivity index (χ2v) is 6.65. The lowest BCUT2D eigenvalue weighted by molar-refractivity contribution is 0.0924. The summed E-state index contributed by atoms with van der Waals surface area (Å²) in [7, 11) is 1.62. The van der Waals surface area contributed by atoms with E-state index in [1.165, 1.54) is 5.56 Å². The van der Waals surface area contributed by atoms with Gasteiger partial charge in [-0.1, -0.05) is 24.3 Å². The maximum atomic E-state index is 12.6. The lowest BCUT2D eigenvalue weighted by Gasteiger charge is -2.06. The van der Waals surface area contributed by atoms with E-state index >= 15 is 0 Å². The zero-order chi connectivity index (χ0) is 19.5. The standard InChI is InChI=1S/C22H21N3O3/c1-15-19-11-18(27-2)7-8-20(19)28-21(15)22(26)24-12-16-3-5-17(6-4-16)13-25-10-9-23-14-25/h3-11,14H,12-13H2,1-2H3,(H,24,26). The van der Waals surface area contributed by atoms with Crippen LogP contribution in [0.5, 0.6) is 5.75 Å². The van der Waals surface area contributed by atoms with E-state index in [4.69, 9.17) is 9.15 Å². The number of methoxy groups -OCH3 is 1. The molecule has 0 aliphatic rings. The molecule has 4 rings (SSSR count).